The van der Waals surface area contributed by atoms with Crippen LogP contribution in [0.2, 0.25) is 0 Å². The Kier molecular flexibility index (Phi) is 12.3. The number of carbonyl (C=O) groups is 2. The number of hydrogen-bond acceptors (Lipinski definition) is 6. The molecule has 0 aliphatic rings. The zero-order valence-corrected chi connectivity index (χ0v) is 27.6. The first-order chi connectivity index (χ1) is 22.7. The van der Waals surface area contributed by atoms with Gasteiger partial charge in [0.1, 0.15) is 29.9 Å². The summed E-state index contributed by atoms with van der Waals surface area (Å²) in [5, 5.41) is 2.92. The van der Waals surface area contributed by atoms with Crippen molar-refractivity contribution < 1.29 is 31.9 Å². The van der Waals surface area contributed by atoms with Gasteiger partial charge in [-0.2, -0.15) is 0 Å². The Balaban J connectivity index is 1.80. The molecule has 47 heavy (non-hydrogen) atoms. The molecule has 4 rings (SSSR count). The maximum absolute atomic E-state index is 14.5. The van der Waals surface area contributed by atoms with E-state index in [1.807, 2.05) is 50.2 Å². The van der Waals surface area contributed by atoms with Crippen LogP contribution in [-0.4, -0.2) is 58.0 Å². The quantitative estimate of drug-likeness (QED) is 0.168. The maximum atomic E-state index is 14.5. The zero-order chi connectivity index (χ0) is 33.8. The van der Waals surface area contributed by atoms with Crippen molar-refractivity contribution in [3.05, 3.63) is 120 Å². The smallest absolute Gasteiger partial charge is 0.264 e. The lowest BCUT2D eigenvalue weighted by Crippen LogP contribution is -2.53. The average Bonchev–Trinajstić information content (AvgIpc) is 3.08. The summed E-state index contributed by atoms with van der Waals surface area (Å²) < 4.78 is 53.9. The van der Waals surface area contributed by atoms with E-state index < -0.39 is 34.3 Å². The molecule has 0 aliphatic carbocycles. The SMILES string of the molecule is CCCNC(=O)C(Cc1ccccc1)N(Cc1cccc(OC)c1)C(=O)CN(c1ccc(OCC)cc1)S(=O)(=O)c1ccc(F)cc1. The van der Waals surface area contributed by atoms with Gasteiger partial charge in [-0.15, -0.1) is 0 Å². The van der Waals surface area contributed by atoms with E-state index in [1.54, 1.807) is 42.5 Å². The summed E-state index contributed by atoms with van der Waals surface area (Å²) in [6, 6.07) is 26.2. The number of hydrogen-bond donors (Lipinski definition) is 1. The molecule has 0 saturated heterocycles. The molecular formula is C36H40FN3O6S. The van der Waals surface area contributed by atoms with Gasteiger partial charge in [0.25, 0.3) is 10.0 Å². The molecule has 0 spiro atoms. The monoisotopic (exact) mass is 661 g/mol. The van der Waals surface area contributed by atoms with E-state index in [-0.39, 0.29) is 29.5 Å². The van der Waals surface area contributed by atoms with Crippen LogP contribution in [0.15, 0.2) is 108 Å². The lowest BCUT2D eigenvalue weighted by molar-refractivity contribution is -0.140. The predicted octanol–water partition coefficient (Wildman–Crippen LogP) is 5.59. The molecule has 4 aromatic carbocycles. The molecule has 0 fully saturated rings. The van der Waals surface area contributed by atoms with E-state index in [2.05, 4.69) is 5.32 Å². The Morgan fingerprint density at radius 1 is 0.851 bits per heavy atom. The van der Waals surface area contributed by atoms with Crippen LogP contribution in [0, 0.1) is 5.82 Å². The van der Waals surface area contributed by atoms with Crippen molar-refractivity contribution in [3.8, 4) is 11.5 Å². The minimum Gasteiger partial charge on any atom is -0.497 e. The fraction of sp³-hybridized carbons (Fsp3) is 0.278. The summed E-state index contributed by atoms with van der Waals surface area (Å²) in [6.45, 7) is 3.95. The summed E-state index contributed by atoms with van der Waals surface area (Å²) in [4.78, 5) is 29.5. The standard InChI is InChI=1S/C36H40FN3O6S/c1-4-22-38-36(42)34(24-27-10-7-6-8-11-27)39(25-28-12-9-13-32(23-28)45-3)35(41)26-40(30-16-18-31(19-17-30)46-5-2)47(43,44)33-20-14-29(37)15-21-33/h6-21,23,34H,4-5,22,24-26H2,1-3H3,(H,38,42). The van der Waals surface area contributed by atoms with E-state index in [0.717, 1.165) is 34.1 Å². The predicted molar refractivity (Wildman–Crippen MR) is 179 cm³/mol. The van der Waals surface area contributed by atoms with Gasteiger partial charge in [-0.05, 0) is 85.1 Å². The molecule has 11 heteroatoms. The average molecular weight is 662 g/mol. The van der Waals surface area contributed by atoms with E-state index in [0.29, 0.717) is 36.6 Å². The van der Waals surface area contributed by atoms with E-state index in [9.17, 15) is 22.4 Å². The van der Waals surface area contributed by atoms with Gasteiger partial charge in [-0.25, -0.2) is 12.8 Å². The summed E-state index contributed by atoms with van der Waals surface area (Å²) >= 11 is 0. The summed E-state index contributed by atoms with van der Waals surface area (Å²) in [5.41, 5.74) is 1.71. The largest absolute Gasteiger partial charge is 0.497 e. The van der Waals surface area contributed by atoms with Crippen LogP contribution < -0.4 is 19.1 Å². The molecule has 0 aliphatic heterocycles. The second kappa shape index (κ2) is 16.6. The highest BCUT2D eigenvalue weighted by molar-refractivity contribution is 7.92. The number of benzene rings is 4. The Morgan fingerprint density at radius 2 is 1.53 bits per heavy atom. The molecule has 2 amide bonds. The highest BCUT2D eigenvalue weighted by atomic mass is 32.2. The van der Waals surface area contributed by atoms with E-state index in [4.69, 9.17) is 9.47 Å². The normalized spacial score (nSPS) is 11.7. The molecule has 0 radical (unpaired) electrons. The van der Waals surface area contributed by atoms with Crippen molar-refractivity contribution in [1.29, 1.82) is 0 Å². The van der Waals surface area contributed by atoms with Gasteiger partial charge in [-0.3, -0.25) is 13.9 Å². The third kappa shape index (κ3) is 9.32. The van der Waals surface area contributed by atoms with Gasteiger partial charge >= 0.3 is 0 Å². The summed E-state index contributed by atoms with van der Waals surface area (Å²) in [7, 11) is -2.83. The number of nitrogens with zero attached hydrogens (tertiary/aromatic N) is 2. The van der Waals surface area contributed by atoms with Gasteiger partial charge in [0.2, 0.25) is 11.8 Å². The van der Waals surface area contributed by atoms with Crippen molar-refractivity contribution in [2.45, 2.75) is 44.2 Å². The molecule has 0 saturated carbocycles. The molecule has 4 aromatic rings. The lowest BCUT2D eigenvalue weighted by atomic mass is 10.0. The van der Waals surface area contributed by atoms with Crippen molar-refractivity contribution >= 4 is 27.5 Å². The number of halogens is 1. The number of nitrogens with one attached hydrogen (secondary N) is 1. The third-order valence-corrected chi connectivity index (χ3v) is 9.21. The number of carbonyl (C=O) groups excluding carboxylic acids is 2. The number of methoxy groups -OCH3 is 1. The Labute approximate surface area is 276 Å². The first-order valence-electron chi connectivity index (χ1n) is 15.4. The van der Waals surface area contributed by atoms with Gasteiger partial charge in [0.15, 0.2) is 0 Å². The highest BCUT2D eigenvalue weighted by Crippen LogP contribution is 2.27. The second-order valence-electron chi connectivity index (χ2n) is 10.8. The van der Waals surface area contributed by atoms with Crippen molar-refractivity contribution in [3.63, 3.8) is 0 Å². The molecule has 0 aromatic heterocycles. The van der Waals surface area contributed by atoms with E-state index in [1.165, 1.54) is 12.0 Å². The van der Waals surface area contributed by atoms with Gasteiger partial charge in [-0.1, -0.05) is 49.4 Å². The fourth-order valence-corrected chi connectivity index (χ4v) is 6.44. The van der Waals surface area contributed by atoms with Crippen LogP contribution in [0.5, 0.6) is 11.5 Å². The third-order valence-electron chi connectivity index (χ3n) is 7.42. The van der Waals surface area contributed by atoms with E-state index >= 15 is 0 Å². The molecule has 248 valence electrons. The second-order valence-corrected chi connectivity index (χ2v) is 12.6. The summed E-state index contributed by atoms with van der Waals surface area (Å²) in [6.07, 6.45) is 0.884. The van der Waals surface area contributed by atoms with Crippen LogP contribution in [0.1, 0.15) is 31.4 Å². The number of rotatable bonds is 16. The van der Waals surface area contributed by atoms with Crippen molar-refractivity contribution in [2.75, 3.05) is 31.1 Å². The Bertz CT molecular complexity index is 1720. The van der Waals surface area contributed by atoms with Crippen LogP contribution in [-0.2, 0) is 32.6 Å². The van der Waals surface area contributed by atoms with Gasteiger partial charge in [0, 0.05) is 19.5 Å². The minimum absolute atomic E-state index is 0.000786. The zero-order valence-electron chi connectivity index (χ0n) is 26.8. The van der Waals surface area contributed by atoms with Crippen molar-refractivity contribution in [2.24, 2.45) is 0 Å². The van der Waals surface area contributed by atoms with Crippen LogP contribution in [0.25, 0.3) is 0 Å². The molecule has 9 nitrogen and oxygen atoms in total. The van der Waals surface area contributed by atoms with Crippen LogP contribution in [0.3, 0.4) is 0 Å². The lowest BCUT2D eigenvalue weighted by Gasteiger charge is -2.34. The van der Waals surface area contributed by atoms with Crippen LogP contribution in [0.4, 0.5) is 10.1 Å². The highest BCUT2D eigenvalue weighted by Gasteiger charge is 2.34. The fourth-order valence-electron chi connectivity index (χ4n) is 5.03. The number of anilines is 1. The molecule has 1 unspecified atom stereocenters. The Hall–Kier alpha value is -4.90. The molecule has 0 bridgehead atoms. The number of ether oxygens (including phenoxy) is 2. The minimum atomic E-state index is -4.37. The van der Waals surface area contributed by atoms with Gasteiger partial charge < -0.3 is 19.7 Å². The molecule has 0 heterocycles. The molecule has 1 N–H and O–H groups in total. The van der Waals surface area contributed by atoms with Crippen molar-refractivity contribution in [1.82, 2.24) is 10.2 Å². The first kappa shape index (κ1) is 35.0. The Morgan fingerprint density at radius 3 is 2.17 bits per heavy atom. The number of amides is 2. The molecule has 1 atom stereocenters. The maximum Gasteiger partial charge on any atom is 0.264 e. The molecular weight excluding hydrogens is 621 g/mol. The van der Waals surface area contributed by atoms with Crippen LogP contribution >= 0.6 is 0 Å². The topological polar surface area (TPSA) is 105 Å². The first-order valence-corrected chi connectivity index (χ1v) is 16.9. The number of sulfonamides is 1. The summed E-state index contributed by atoms with van der Waals surface area (Å²) in [5.74, 6) is -0.475. The van der Waals surface area contributed by atoms with Gasteiger partial charge in [0.05, 0.1) is 24.3 Å².